The number of nitrogens with one attached hydrogen (secondary N) is 2. The first kappa shape index (κ1) is 20.7. The number of sulfone groups is 1. The number of benzene rings is 2. The average molecular weight is 393 g/mol. The molecular formula is C19H25N2O5S+. The Kier molecular flexibility index (Phi) is 6.81. The van der Waals surface area contributed by atoms with Gasteiger partial charge in [-0.2, -0.15) is 0 Å². The molecule has 0 fully saturated rings. The van der Waals surface area contributed by atoms with Gasteiger partial charge in [0.25, 0.3) is 5.91 Å². The minimum Gasteiger partial charge on any atom is -0.497 e. The van der Waals surface area contributed by atoms with Crippen LogP contribution in [0.1, 0.15) is 5.56 Å². The van der Waals surface area contributed by atoms with Crippen molar-refractivity contribution in [2.45, 2.75) is 11.4 Å². The van der Waals surface area contributed by atoms with Crippen LogP contribution in [-0.2, 0) is 21.2 Å². The molecular weight excluding hydrogens is 368 g/mol. The van der Waals surface area contributed by atoms with Crippen molar-refractivity contribution >= 4 is 21.4 Å². The van der Waals surface area contributed by atoms with Gasteiger partial charge in [0.05, 0.1) is 31.9 Å². The maximum atomic E-state index is 12.4. The van der Waals surface area contributed by atoms with Crippen LogP contribution in [0.3, 0.4) is 0 Å². The highest BCUT2D eigenvalue weighted by Crippen LogP contribution is 2.24. The van der Waals surface area contributed by atoms with Gasteiger partial charge in [-0.15, -0.1) is 0 Å². The number of carbonyl (C=O) groups is 1. The van der Waals surface area contributed by atoms with Gasteiger partial charge in [-0.3, -0.25) is 4.79 Å². The third-order valence-electron chi connectivity index (χ3n) is 4.01. The molecule has 2 N–H and O–H groups in total. The molecule has 0 aliphatic heterocycles. The van der Waals surface area contributed by atoms with Gasteiger partial charge >= 0.3 is 0 Å². The molecule has 0 saturated heterocycles. The van der Waals surface area contributed by atoms with Crippen LogP contribution in [0, 0.1) is 0 Å². The number of carbonyl (C=O) groups excluding carboxylic acids is 1. The van der Waals surface area contributed by atoms with Crippen LogP contribution >= 0.6 is 0 Å². The minimum atomic E-state index is -3.42. The average Bonchev–Trinajstić information content (AvgIpc) is 2.61. The molecule has 0 aliphatic rings. The summed E-state index contributed by atoms with van der Waals surface area (Å²) in [5, 5.41) is 2.69. The Bertz CT molecular complexity index is 912. The number of likely N-dealkylation sites (N-methyl/N-ethyl adjacent to an activating group) is 1. The number of anilines is 1. The zero-order valence-corrected chi connectivity index (χ0v) is 16.7. The fourth-order valence-electron chi connectivity index (χ4n) is 2.75. The summed E-state index contributed by atoms with van der Waals surface area (Å²) >= 11 is 0. The fraction of sp³-hybridized carbons (Fsp3) is 0.316. The van der Waals surface area contributed by atoms with Gasteiger partial charge in [-0.1, -0.05) is 12.1 Å². The van der Waals surface area contributed by atoms with E-state index in [1.807, 2.05) is 19.2 Å². The third-order valence-corrected chi connectivity index (χ3v) is 5.16. The van der Waals surface area contributed by atoms with E-state index in [-0.39, 0.29) is 17.3 Å². The molecule has 1 atom stereocenters. The van der Waals surface area contributed by atoms with Gasteiger partial charge in [0.1, 0.15) is 18.0 Å². The molecule has 0 aromatic heterocycles. The fourth-order valence-corrected chi connectivity index (χ4v) is 3.59. The van der Waals surface area contributed by atoms with Crippen molar-refractivity contribution in [3.63, 3.8) is 0 Å². The van der Waals surface area contributed by atoms with Crippen LogP contribution in [0.4, 0.5) is 5.69 Å². The highest BCUT2D eigenvalue weighted by molar-refractivity contribution is 7.90. The van der Waals surface area contributed by atoms with Crippen LogP contribution in [0.25, 0.3) is 0 Å². The quantitative estimate of drug-likeness (QED) is 0.692. The first-order chi connectivity index (χ1) is 12.7. The Morgan fingerprint density at radius 3 is 2.44 bits per heavy atom. The molecule has 2 rings (SSSR count). The summed E-state index contributed by atoms with van der Waals surface area (Å²) < 4.78 is 34.2. The van der Waals surface area contributed by atoms with Crippen molar-refractivity contribution < 1.29 is 27.6 Å². The van der Waals surface area contributed by atoms with E-state index in [1.54, 1.807) is 38.5 Å². The number of ether oxygens (including phenoxy) is 2. The molecule has 0 radical (unpaired) electrons. The van der Waals surface area contributed by atoms with E-state index >= 15 is 0 Å². The Hall–Kier alpha value is -2.58. The molecule has 7 nitrogen and oxygen atoms in total. The first-order valence-electron chi connectivity index (χ1n) is 8.35. The molecule has 8 heteroatoms. The summed E-state index contributed by atoms with van der Waals surface area (Å²) in [6, 6.07) is 11.9. The lowest BCUT2D eigenvalue weighted by Crippen LogP contribution is -3.08. The molecule has 2 aromatic rings. The van der Waals surface area contributed by atoms with Crippen LogP contribution in [0.15, 0.2) is 47.4 Å². The number of amides is 1. The van der Waals surface area contributed by atoms with E-state index in [2.05, 4.69) is 5.32 Å². The van der Waals surface area contributed by atoms with Crippen LogP contribution in [-0.4, -0.2) is 48.4 Å². The normalized spacial score (nSPS) is 12.3. The topological polar surface area (TPSA) is 86.1 Å². The maximum absolute atomic E-state index is 12.4. The van der Waals surface area contributed by atoms with E-state index in [9.17, 15) is 13.2 Å². The maximum Gasteiger partial charge on any atom is 0.279 e. The Labute approximate surface area is 159 Å². The van der Waals surface area contributed by atoms with E-state index in [1.165, 1.54) is 6.07 Å². The van der Waals surface area contributed by atoms with Gasteiger partial charge in [0.2, 0.25) is 0 Å². The highest BCUT2D eigenvalue weighted by Gasteiger charge is 2.18. The number of methoxy groups -OCH3 is 2. The van der Waals surface area contributed by atoms with E-state index < -0.39 is 9.84 Å². The van der Waals surface area contributed by atoms with Gasteiger partial charge < -0.3 is 19.7 Å². The molecule has 0 heterocycles. The summed E-state index contributed by atoms with van der Waals surface area (Å²) in [5.74, 6) is 1.12. The lowest BCUT2D eigenvalue weighted by atomic mass is 10.2. The summed E-state index contributed by atoms with van der Waals surface area (Å²) in [4.78, 5) is 13.4. The number of rotatable bonds is 8. The lowest BCUT2D eigenvalue weighted by molar-refractivity contribution is -0.885. The van der Waals surface area contributed by atoms with E-state index in [4.69, 9.17) is 9.47 Å². The second-order valence-corrected chi connectivity index (χ2v) is 8.29. The summed E-state index contributed by atoms with van der Waals surface area (Å²) in [7, 11) is 1.63. The van der Waals surface area contributed by atoms with Crippen molar-refractivity contribution in [1.29, 1.82) is 0 Å². The Balaban J connectivity index is 2.05. The van der Waals surface area contributed by atoms with Crippen molar-refractivity contribution in [2.24, 2.45) is 0 Å². The van der Waals surface area contributed by atoms with E-state index in [0.717, 1.165) is 16.7 Å². The largest absolute Gasteiger partial charge is 0.497 e. The van der Waals surface area contributed by atoms with Crippen molar-refractivity contribution in [1.82, 2.24) is 0 Å². The van der Waals surface area contributed by atoms with Crippen LogP contribution in [0.5, 0.6) is 11.5 Å². The van der Waals surface area contributed by atoms with Crippen molar-refractivity contribution in [3.05, 3.63) is 48.0 Å². The molecule has 2 aromatic carbocycles. The van der Waals surface area contributed by atoms with Crippen LogP contribution < -0.4 is 19.7 Å². The minimum absolute atomic E-state index is 0.104. The number of quaternary nitrogens is 1. The summed E-state index contributed by atoms with van der Waals surface area (Å²) in [6.07, 6.45) is 1.12. The van der Waals surface area contributed by atoms with Crippen molar-refractivity contribution in [2.75, 3.05) is 39.4 Å². The first-order valence-corrected chi connectivity index (χ1v) is 10.2. The predicted octanol–water partition coefficient (Wildman–Crippen LogP) is 0.761. The van der Waals surface area contributed by atoms with Gasteiger partial charge in [-0.25, -0.2) is 8.42 Å². The monoisotopic (exact) mass is 393 g/mol. The van der Waals surface area contributed by atoms with Crippen molar-refractivity contribution in [3.8, 4) is 11.5 Å². The van der Waals surface area contributed by atoms with Gasteiger partial charge in [-0.05, 0) is 24.3 Å². The number of hydrogen-bond acceptors (Lipinski definition) is 5. The molecule has 0 spiro atoms. The smallest absolute Gasteiger partial charge is 0.279 e. The molecule has 27 heavy (non-hydrogen) atoms. The molecule has 0 aliphatic carbocycles. The zero-order valence-electron chi connectivity index (χ0n) is 15.9. The molecule has 0 saturated carbocycles. The van der Waals surface area contributed by atoms with Crippen LogP contribution in [0.2, 0.25) is 0 Å². The van der Waals surface area contributed by atoms with Gasteiger partial charge in [0.15, 0.2) is 16.4 Å². The molecule has 146 valence electrons. The summed E-state index contributed by atoms with van der Waals surface area (Å²) in [6.45, 7) is 0.738. The molecule has 1 amide bonds. The third kappa shape index (κ3) is 5.70. The summed E-state index contributed by atoms with van der Waals surface area (Å²) in [5.41, 5.74) is 1.24. The van der Waals surface area contributed by atoms with E-state index in [0.29, 0.717) is 23.7 Å². The SMILES string of the molecule is COc1ccc(C[NH+](C)CC(=O)Nc2ccccc2S(C)(=O)=O)c(OC)c1. The Morgan fingerprint density at radius 2 is 1.81 bits per heavy atom. The standard InChI is InChI=1S/C19H24N2O5S/c1-21(12-14-9-10-15(25-2)11-17(14)26-3)13-19(22)20-16-7-5-6-8-18(16)27(4,23)24/h5-11H,12-13H2,1-4H3,(H,20,22)/p+1. The lowest BCUT2D eigenvalue weighted by Gasteiger charge is -2.17. The number of hydrogen-bond donors (Lipinski definition) is 2. The molecule has 0 bridgehead atoms. The zero-order chi connectivity index (χ0) is 20.0. The van der Waals surface area contributed by atoms with Gasteiger partial charge in [0, 0.05) is 17.9 Å². The second kappa shape index (κ2) is 8.88. The highest BCUT2D eigenvalue weighted by atomic mass is 32.2. The predicted molar refractivity (Wildman–Crippen MR) is 103 cm³/mol. The molecule has 1 unspecified atom stereocenters. The number of para-hydroxylation sites is 1. The second-order valence-electron chi connectivity index (χ2n) is 6.30. The Morgan fingerprint density at radius 1 is 1.11 bits per heavy atom.